The fourth-order valence-electron chi connectivity index (χ4n) is 2.81. The standard InChI is InChI=1S/C18H15N5O/c24-18-15-8-4-9-19-17(15)20-13-23(18)16(12-22-11-5-10-21-22)14-6-2-1-3-7-14/h1-11,13,16H,12H2/t16-/m1/s1. The molecule has 0 aliphatic carbocycles. The Hall–Kier alpha value is -3.28. The monoisotopic (exact) mass is 317 g/mol. The number of hydrogen-bond acceptors (Lipinski definition) is 4. The van der Waals surface area contributed by atoms with Crippen LogP contribution in [0.15, 0.2) is 78.2 Å². The first kappa shape index (κ1) is 14.3. The van der Waals surface area contributed by atoms with Gasteiger partial charge in [0.15, 0.2) is 5.65 Å². The SMILES string of the molecule is O=c1c2cccnc2ncn1[C@H](Cn1cccn1)c1ccccc1. The summed E-state index contributed by atoms with van der Waals surface area (Å²) in [6.45, 7) is 0.546. The Labute approximate surface area is 138 Å². The highest BCUT2D eigenvalue weighted by Crippen LogP contribution is 2.19. The zero-order valence-electron chi connectivity index (χ0n) is 12.9. The van der Waals surface area contributed by atoms with Crippen molar-refractivity contribution in [2.24, 2.45) is 0 Å². The van der Waals surface area contributed by atoms with Gasteiger partial charge in [-0.2, -0.15) is 5.10 Å². The van der Waals surface area contributed by atoms with Gasteiger partial charge in [-0.05, 0) is 23.8 Å². The van der Waals surface area contributed by atoms with Gasteiger partial charge in [0.2, 0.25) is 0 Å². The van der Waals surface area contributed by atoms with E-state index >= 15 is 0 Å². The summed E-state index contributed by atoms with van der Waals surface area (Å²) in [7, 11) is 0. The van der Waals surface area contributed by atoms with Crippen LogP contribution in [0.1, 0.15) is 11.6 Å². The van der Waals surface area contributed by atoms with Crippen LogP contribution in [0.2, 0.25) is 0 Å². The van der Waals surface area contributed by atoms with Gasteiger partial charge in [0.1, 0.15) is 6.33 Å². The maximum absolute atomic E-state index is 12.9. The fourth-order valence-corrected chi connectivity index (χ4v) is 2.81. The van der Waals surface area contributed by atoms with Crippen LogP contribution in [0.3, 0.4) is 0 Å². The lowest BCUT2D eigenvalue weighted by Gasteiger charge is -2.20. The first-order chi connectivity index (χ1) is 11.8. The highest BCUT2D eigenvalue weighted by Gasteiger charge is 2.17. The van der Waals surface area contributed by atoms with Crippen molar-refractivity contribution in [3.8, 4) is 0 Å². The number of fused-ring (bicyclic) bond motifs is 1. The molecule has 0 bridgehead atoms. The van der Waals surface area contributed by atoms with E-state index in [9.17, 15) is 4.79 Å². The van der Waals surface area contributed by atoms with Crippen molar-refractivity contribution in [1.29, 1.82) is 0 Å². The smallest absolute Gasteiger partial charge is 0.263 e. The lowest BCUT2D eigenvalue weighted by Crippen LogP contribution is -2.29. The Balaban J connectivity index is 1.87. The molecule has 1 aromatic carbocycles. The highest BCUT2D eigenvalue weighted by atomic mass is 16.1. The minimum absolute atomic E-state index is 0.103. The second kappa shape index (κ2) is 6.08. The quantitative estimate of drug-likeness (QED) is 0.579. The number of hydrogen-bond donors (Lipinski definition) is 0. The molecule has 24 heavy (non-hydrogen) atoms. The van der Waals surface area contributed by atoms with E-state index in [-0.39, 0.29) is 11.6 Å². The number of pyridine rings is 1. The molecule has 0 aliphatic rings. The van der Waals surface area contributed by atoms with Crippen LogP contribution in [-0.2, 0) is 6.54 Å². The Bertz CT molecular complexity index is 1010. The van der Waals surface area contributed by atoms with Crippen LogP contribution in [0.5, 0.6) is 0 Å². The topological polar surface area (TPSA) is 65.6 Å². The van der Waals surface area contributed by atoms with Crippen molar-refractivity contribution in [3.63, 3.8) is 0 Å². The second-order valence-electron chi connectivity index (χ2n) is 5.49. The maximum atomic E-state index is 12.9. The predicted molar refractivity (Wildman–Crippen MR) is 90.6 cm³/mol. The molecule has 4 rings (SSSR count). The molecule has 0 unspecified atom stereocenters. The van der Waals surface area contributed by atoms with E-state index in [0.717, 1.165) is 5.56 Å². The van der Waals surface area contributed by atoms with Gasteiger partial charge in [-0.3, -0.25) is 14.0 Å². The third-order valence-corrected chi connectivity index (χ3v) is 4.00. The molecule has 0 amide bonds. The third-order valence-electron chi connectivity index (χ3n) is 4.00. The Morgan fingerprint density at radius 1 is 0.958 bits per heavy atom. The zero-order valence-corrected chi connectivity index (χ0v) is 12.9. The van der Waals surface area contributed by atoms with Crippen LogP contribution in [0.4, 0.5) is 0 Å². The summed E-state index contributed by atoms with van der Waals surface area (Å²) in [5.74, 6) is 0. The van der Waals surface area contributed by atoms with Crippen LogP contribution in [0, 0.1) is 0 Å². The summed E-state index contributed by atoms with van der Waals surface area (Å²) in [4.78, 5) is 21.4. The lowest BCUT2D eigenvalue weighted by molar-refractivity contribution is 0.451. The normalized spacial score (nSPS) is 12.3. The summed E-state index contributed by atoms with van der Waals surface area (Å²) in [6.07, 6.45) is 6.82. The molecule has 3 heterocycles. The number of rotatable bonds is 4. The Morgan fingerprint density at radius 3 is 2.62 bits per heavy atom. The van der Waals surface area contributed by atoms with E-state index in [0.29, 0.717) is 17.6 Å². The van der Waals surface area contributed by atoms with Crippen LogP contribution in [-0.4, -0.2) is 24.3 Å². The molecule has 0 aliphatic heterocycles. The van der Waals surface area contributed by atoms with Crippen molar-refractivity contribution in [2.75, 3.05) is 0 Å². The van der Waals surface area contributed by atoms with E-state index in [1.807, 2.05) is 47.3 Å². The molecule has 4 aromatic rings. The van der Waals surface area contributed by atoms with Crippen molar-refractivity contribution >= 4 is 11.0 Å². The van der Waals surface area contributed by atoms with Crippen molar-refractivity contribution in [2.45, 2.75) is 12.6 Å². The lowest BCUT2D eigenvalue weighted by atomic mass is 10.1. The minimum atomic E-state index is -0.198. The maximum Gasteiger partial charge on any atom is 0.263 e. The minimum Gasteiger partial charge on any atom is -0.289 e. The molecule has 1 atom stereocenters. The second-order valence-corrected chi connectivity index (χ2v) is 5.49. The fraction of sp³-hybridized carbons (Fsp3) is 0.111. The average molecular weight is 317 g/mol. The van der Waals surface area contributed by atoms with Gasteiger partial charge in [0.05, 0.1) is 18.0 Å². The molecule has 0 saturated heterocycles. The van der Waals surface area contributed by atoms with Gasteiger partial charge < -0.3 is 0 Å². The number of benzene rings is 1. The highest BCUT2D eigenvalue weighted by molar-refractivity contribution is 5.72. The van der Waals surface area contributed by atoms with E-state index in [2.05, 4.69) is 15.1 Å². The molecule has 0 saturated carbocycles. The van der Waals surface area contributed by atoms with Crippen molar-refractivity contribution < 1.29 is 0 Å². The van der Waals surface area contributed by atoms with Gasteiger partial charge in [-0.25, -0.2) is 9.97 Å². The number of aromatic nitrogens is 5. The number of nitrogens with zero attached hydrogens (tertiary/aromatic N) is 5. The first-order valence-electron chi connectivity index (χ1n) is 7.67. The molecular weight excluding hydrogens is 302 g/mol. The Kier molecular flexibility index (Phi) is 3.63. The van der Waals surface area contributed by atoms with Crippen LogP contribution < -0.4 is 5.56 Å². The van der Waals surface area contributed by atoms with Gasteiger partial charge in [0, 0.05) is 18.6 Å². The van der Waals surface area contributed by atoms with E-state index < -0.39 is 0 Å². The van der Waals surface area contributed by atoms with E-state index in [1.54, 1.807) is 35.4 Å². The van der Waals surface area contributed by atoms with Crippen molar-refractivity contribution in [3.05, 3.63) is 89.4 Å². The molecule has 6 nitrogen and oxygen atoms in total. The summed E-state index contributed by atoms with van der Waals surface area (Å²) < 4.78 is 3.47. The van der Waals surface area contributed by atoms with E-state index in [1.165, 1.54) is 0 Å². The summed E-state index contributed by atoms with van der Waals surface area (Å²) in [5, 5.41) is 4.78. The van der Waals surface area contributed by atoms with Gasteiger partial charge in [-0.15, -0.1) is 0 Å². The summed E-state index contributed by atoms with van der Waals surface area (Å²) in [6, 6.07) is 15.1. The molecule has 0 fully saturated rings. The van der Waals surface area contributed by atoms with Gasteiger partial charge in [0.25, 0.3) is 5.56 Å². The van der Waals surface area contributed by atoms with Crippen LogP contribution in [0.25, 0.3) is 11.0 Å². The molecule has 0 N–H and O–H groups in total. The Morgan fingerprint density at radius 2 is 1.83 bits per heavy atom. The summed E-state index contributed by atoms with van der Waals surface area (Å²) >= 11 is 0. The summed E-state index contributed by atoms with van der Waals surface area (Å²) in [5.41, 5.74) is 1.39. The predicted octanol–water partition coefficient (Wildman–Crippen LogP) is 2.28. The molecule has 3 aromatic heterocycles. The molecule has 6 heteroatoms. The zero-order chi connectivity index (χ0) is 16.4. The van der Waals surface area contributed by atoms with Crippen molar-refractivity contribution in [1.82, 2.24) is 24.3 Å². The largest absolute Gasteiger partial charge is 0.289 e. The van der Waals surface area contributed by atoms with Crippen LogP contribution >= 0.6 is 0 Å². The van der Waals surface area contributed by atoms with Gasteiger partial charge >= 0.3 is 0 Å². The average Bonchev–Trinajstić information content (AvgIpc) is 3.15. The third kappa shape index (κ3) is 2.58. The molecular formula is C18H15N5O. The van der Waals surface area contributed by atoms with E-state index in [4.69, 9.17) is 0 Å². The van der Waals surface area contributed by atoms with Gasteiger partial charge in [-0.1, -0.05) is 30.3 Å². The molecule has 0 radical (unpaired) electrons. The molecule has 0 spiro atoms. The molecule has 118 valence electrons. The first-order valence-corrected chi connectivity index (χ1v) is 7.67.